The number of hydrogen-bond acceptors (Lipinski definition) is 5. The molecule has 1 heterocycles. The summed E-state index contributed by atoms with van der Waals surface area (Å²) in [7, 11) is 1.79. The van der Waals surface area contributed by atoms with Gasteiger partial charge in [-0.25, -0.2) is 10.1 Å². The minimum absolute atomic E-state index is 0.242. The molecule has 0 saturated carbocycles. The van der Waals surface area contributed by atoms with E-state index in [2.05, 4.69) is 31.7 Å². The van der Waals surface area contributed by atoms with Gasteiger partial charge in [0.2, 0.25) is 0 Å². The number of hydrazine groups is 1. The van der Waals surface area contributed by atoms with Gasteiger partial charge in [-0.2, -0.15) is 0 Å². The first kappa shape index (κ1) is 14.3. The van der Waals surface area contributed by atoms with Gasteiger partial charge in [-0.3, -0.25) is 5.84 Å². The van der Waals surface area contributed by atoms with Gasteiger partial charge in [-0.15, -0.1) is 5.10 Å². The summed E-state index contributed by atoms with van der Waals surface area (Å²) in [6.45, 7) is 0.330. The molecule has 1 unspecified atom stereocenters. The number of rotatable bonds is 5. The molecule has 1 aromatic carbocycles. The van der Waals surface area contributed by atoms with Gasteiger partial charge in [0, 0.05) is 12.1 Å². The van der Waals surface area contributed by atoms with Crippen LogP contribution in [0.1, 0.15) is 11.7 Å². The van der Waals surface area contributed by atoms with Crippen LogP contribution < -0.4 is 16.0 Å². The van der Waals surface area contributed by atoms with Crippen molar-refractivity contribution < 1.29 is 4.74 Å². The Hall–Kier alpha value is -1.15. The predicted octanol–water partition coefficient (Wildman–Crippen LogP) is 1.81. The average molecular weight is 347 g/mol. The zero-order chi connectivity index (χ0) is 13.8. The molecule has 19 heavy (non-hydrogen) atoms. The topological polar surface area (TPSA) is 78.0 Å². The smallest absolute Gasteiger partial charge is 0.153 e. The van der Waals surface area contributed by atoms with Crippen molar-refractivity contribution in [1.29, 1.82) is 0 Å². The Balaban J connectivity index is 2.08. The molecule has 1 atom stereocenters. The summed E-state index contributed by atoms with van der Waals surface area (Å²) >= 11 is 9.22. The van der Waals surface area contributed by atoms with Crippen molar-refractivity contribution in [3.05, 3.63) is 39.6 Å². The molecule has 0 aliphatic rings. The fourth-order valence-electron chi connectivity index (χ4n) is 1.65. The van der Waals surface area contributed by atoms with Gasteiger partial charge in [-0.1, -0.05) is 22.9 Å². The van der Waals surface area contributed by atoms with Crippen molar-refractivity contribution in [3.63, 3.8) is 0 Å². The first-order valence-corrected chi connectivity index (χ1v) is 6.68. The average Bonchev–Trinajstić information content (AvgIpc) is 2.71. The van der Waals surface area contributed by atoms with Crippen molar-refractivity contribution in [2.45, 2.75) is 6.04 Å². The highest BCUT2D eigenvalue weighted by atomic mass is 79.9. The molecule has 2 aromatic rings. The van der Waals surface area contributed by atoms with Crippen LogP contribution >= 0.6 is 27.5 Å². The highest BCUT2D eigenvalue weighted by molar-refractivity contribution is 9.10. The van der Waals surface area contributed by atoms with Crippen LogP contribution in [0.15, 0.2) is 28.9 Å². The van der Waals surface area contributed by atoms with Gasteiger partial charge in [0.1, 0.15) is 12.4 Å². The third-order valence-electron chi connectivity index (χ3n) is 2.57. The maximum atomic E-state index is 5.89. The molecular formula is C11H13BrClN5O. The molecule has 0 radical (unpaired) electrons. The van der Waals surface area contributed by atoms with Crippen LogP contribution in [0.4, 0.5) is 0 Å². The second kappa shape index (κ2) is 6.33. The van der Waals surface area contributed by atoms with Gasteiger partial charge in [0.25, 0.3) is 0 Å². The summed E-state index contributed by atoms with van der Waals surface area (Å²) < 4.78 is 7.92. The molecule has 0 fully saturated rings. The summed E-state index contributed by atoms with van der Waals surface area (Å²) in [5.74, 6) is 6.23. The van der Waals surface area contributed by atoms with Crippen LogP contribution in [0, 0.1) is 0 Å². The maximum absolute atomic E-state index is 5.89. The van der Waals surface area contributed by atoms with Crippen molar-refractivity contribution in [2.75, 3.05) is 6.61 Å². The van der Waals surface area contributed by atoms with E-state index in [-0.39, 0.29) is 6.04 Å². The predicted molar refractivity (Wildman–Crippen MR) is 75.7 cm³/mol. The SMILES string of the molecule is Cn1nnc(Br)c1C(COc1cccc(Cl)c1)NN. The minimum atomic E-state index is -0.242. The molecule has 0 aliphatic carbocycles. The van der Waals surface area contributed by atoms with E-state index in [0.29, 0.717) is 22.0 Å². The largest absolute Gasteiger partial charge is 0.491 e. The van der Waals surface area contributed by atoms with E-state index >= 15 is 0 Å². The quantitative estimate of drug-likeness (QED) is 0.638. The standard InChI is InChI=1S/C11H13BrClN5O/c1-18-10(11(12)16-17-18)9(15-14)6-19-8-4-2-3-7(13)5-8/h2-5,9,15H,6,14H2,1H3. The Morgan fingerprint density at radius 2 is 2.37 bits per heavy atom. The normalized spacial score (nSPS) is 12.4. The van der Waals surface area contributed by atoms with Crippen molar-refractivity contribution in [2.24, 2.45) is 12.9 Å². The molecule has 0 bridgehead atoms. The fourth-order valence-corrected chi connectivity index (χ4v) is 2.44. The lowest BCUT2D eigenvalue weighted by atomic mass is 10.2. The van der Waals surface area contributed by atoms with Crippen molar-refractivity contribution in [1.82, 2.24) is 20.4 Å². The second-order valence-electron chi connectivity index (χ2n) is 3.88. The Kier molecular flexibility index (Phi) is 4.76. The molecule has 3 N–H and O–H groups in total. The number of ether oxygens (including phenoxy) is 1. The molecular weight excluding hydrogens is 334 g/mol. The maximum Gasteiger partial charge on any atom is 0.153 e. The second-order valence-corrected chi connectivity index (χ2v) is 5.06. The van der Waals surface area contributed by atoms with E-state index in [1.54, 1.807) is 23.9 Å². The molecule has 6 nitrogen and oxygen atoms in total. The van der Waals surface area contributed by atoms with E-state index in [0.717, 1.165) is 5.69 Å². The first-order valence-electron chi connectivity index (χ1n) is 5.51. The first-order chi connectivity index (χ1) is 9.11. The van der Waals surface area contributed by atoms with Gasteiger partial charge in [-0.05, 0) is 34.1 Å². The van der Waals surface area contributed by atoms with E-state index in [9.17, 15) is 0 Å². The molecule has 2 rings (SSSR count). The summed E-state index contributed by atoms with van der Waals surface area (Å²) in [5.41, 5.74) is 3.49. The van der Waals surface area contributed by atoms with Crippen molar-refractivity contribution in [3.8, 4) is 5.75 Å². The number of aryl methyl sites for hydroxylation is 1. The molecule has 0 saturated heterocycles. The number of nitrogens with one attached hydrogen (secondary N) is 1. The lowest BCUT2D eigenvalue weighted by Gasteiger charge is -2.17. The Morgan fingerprint density at radius 1 is 1.58 bits per heavy atom. The van der Waals surface area contributed by atoms with Gasteiger partial charge in [0.05, 0.1) is 11.7 Å². The van der Waals surface area contributed by atoms with E-state index < -0.39 is 0 Å². The highest BCUT2D eigenvalue weighted by Gasteiger charge is 2.19. The zero-order valence-corrected chi connectivity index (χ0v) is 12.5. The van der Waals surface area contributed by atoms with Crippen LogP contribution in [0.3, 0.4) is 0 Å². The third kappa shape index (κ3) is 3.44. The van der Waals surface area contributed by atoms with Gasteiger partial charge >= 0.3 is 0 Å². The van der Waals surface area contributed by atoms with Crippen LogP contribution in [-0.4, -0.2) is 21.6 Å². The number of nitrogens with two attached hydrogens (primary N) is 1. The van der Waals surface area contributed by atoms with Crippen LogP contribution in [0.5, 0.6) is 5.75 Å². The number of halogens is 2. The molecule has 0 amide bonds. The summed E-state index contributed by atoms with van der Waals surface area (Å²) in [6, 6.07) is 6.94. The lowest BCUT2D eigenvalue weighted by Crippen LogP contribution is -2.34. The minimum Gasteiger partial charge on any atom is -0.491 e. The molecule has 1 aromatic heterocycles. The fraction of sp³-hybridized carbons (Fsp3) is 0.273. The zero-order valence-electron chi connectivity index (χ0n) is 10.2. The summed E-state index contributed by atoms with van der Waals surface area (Å²) in [6.07, 6.45) is 0. The van der Waals surface area contributed by atoms with Gasteiger partial charge in [0.15, 0.2) is 4.60 Å². The number of hydrogen-bond donors (Lipinski definition) is 2. The molecule has 102 valence electrons. The Morgan fingerprint density at radius 3 is 2.95 bits per heavy atom. The molecule has 0 spiro atoms. The third-order valence-corrected chi connectivity index (χ3v) is 3.37. The number of benzene rings is 1. The van der Waals surface area contributed by atoms with Crippen LogP contribution in [-0.2, 0) is 7.05 Å². The lowest BCUT2D eigenvalue weighted by molar-refractivity contribution is 0.261. The highest BCUT2D eigenvalue weighted by Crippen LogP contribution is 2.22. The van der Waals surface area contributed by atoms with E-state index in [1.165, 1.54) is 0 Å². The molecule has 0 aliphatic heterocycles. The molecule has 8 heteroatoms. The van der Waals surface area contributed by atoms with E-state index in [4.69, 9.17) is 22.2 Å². The van der Waals surface area contributed by atoms with E-state index in [1.807, 2.05) is 12.1 Å². The van der Waals surface area contributed by atoms with Crippen molar-refractivity contribution >= 4 is 27.5 Å². The van der Waals surface area contributed by atoms with Crippen LogP contribution in [0.25, 0.3) is 0 Å². The summed E-state index contributed by atoms with van der Waals surface area (Å²) in [5, 5.41) is 8.44. The number of nitrogens with zero attached hydrogens (tertiary/aromatic N) is 3. The number of aromatic nitrogens is 3. The Labute approximate surface area is 124 Å². The monoisotopic (exact) mass is 345 g/mol. The van der Waals surface area contributed by atoms with Gasteiger partial charge < -0.3 is 4.74 Å². The van der Waals surface area contributed by atoms with Crippen LogP contribution in [0.2, 0.25) is 5.02 Å². The summed E-state index contributed by atoms with van der Waals surface area (Å²) in [4.78, 5) is 0. The Bertz CT molecular complexity index is 542.